The Bertz CT molecular complexity index is 402. The molecule has 0 atom stereocenters. The molecule has 0 fully saturated rings. The summed E-state index contributed by atoms with van der Waals surface area (Å²) in [5.74, 6) is -4.51. The van der Waals surface area contributed by atoms with Gasteiger partial charge in [0.05, 0.1) is 0 Å². The van der Waals surface area contributed by atoms with Crippen molar-refractivity contribution < 1.29 is 22.0 Å². The third kappa shape index (κ3) is 4.34. The van der Waals surface area contributed by atoms with Crippen LogP contribution in [-0.4, -0.2) is 29.5 Å². The molecule has 1 N–H and O–H groups in total. The van der Waals surface area contributed by atoms with Gasteiger partial charge in [0, 0.05) is 13.0 Å². The summed E-state index contributed by atoms with van der Waals surface area (Å²) in [7, 11) is 0. The lowest BCUT2D eigenvalue weighted by Gasteiger charge is -2.15. The van der Waals surface area contributed by atoms with Gasteiger partial charge in [-0.1, -0.05) is 25.2 Å². The van der Waals surface area contributed by atoms with E-state index in [1.165, 1.54) is 0 Å². The zero-order chi connectivity index (χ0) is 14.7. The zero-order valence-electron chi connectivity index (χ0n) is 10.4. The van der Waals surface area contributed by atoms with E-state index in [1.54, 1.807) is 0 Å². The first kappa shape index (κ1) is 16.2. The molecule has 0 radical (unpaired) electrons. The van der Waals surface area contributed by atoms with Crippen molar-refractivity contribution in [3.8, 4) is 0 Å². The standard InChI is InChI=1S/C10H14F5N3S/c1-6(2)5-16-4-3-7-17-18-8(19-7)9(11,12)10(13,14)15/h6,16H,3-5H2,1-2H3. The number of rotatable bonds is 6. The molecule has 0 amide bonds. The quantitative estimate of drug-likeness (QED) is 0.648. The summed E-state index contributed by atoms with van der Waals surface area (Å²) >= 11 is 0.293. The van der Waals surface area contributed by atoms with Gasteiger partial charge in [0.2, 0.25) is 0 Å². The van der Waals surface area contributed by atoms with E-state index in [4.69, 9.17) is 0 Å². The highest BCUT2D eigenvalue weighted by Crippen LogP contribution is 2.44. The first-order valence-electron chi connectivity index (χ1n) is 5.62. The van der Waals surface area contributed by atoms with Crippen LogP contribution in [-0.2, 0) is 12.3 Å². The number of hydrogen-bond donors (Lipinski definition) is 1. The third-order valence-corrected chi connectivity index (χ3v) is 3.21. The summed E-state index contributed by atoms with van der Waals surface area (Å²) in [6.45, 7) is 5.20. The molecule has 9 heteroatoms. The number of halogens is 5. The predicted octanol–water partition coefficient (Wildman–Crippen LogP) is 2.98. The van der Waals surface area contributed by atoms with Crippen molar-refractivity contribution in [1.82, 2.24) is 15.5 Å². The van der Waals surface area contributed by atoms with Crippen LogP contribution in [0.15, 0.2) is 0 Å². The molecule has 110 valence electrons. The van der Waals surface area contributed by atoms with Gasteiger partial charge in [-0.3, -0.25) is 0 Å². The van der Waals surface area contributed by atoms with Crippen LogP contribution in [0.25, 0.3) is 0 Å². The second kappa shape index (κ2) is 6.08. The first-order valence-corrected chi connectivity index (χ1v) is 6.44. The van der Waals surface area contributed by atoms with E-state index in [1.807, 2.05) is 13.8 Å². The summed E-state index contributed by atoms with van der Waals surface area (Å²) in [5, 5.41) is 8.20. The van der Waals surface area contributed by atoms with Crippen molar-refractivity contribution in [2.75, 3.05) is 13.1 Å². The molecule has 0 aromatic carbocycles. The van der Waals surface area contributed by atoms with Crippen LogP contribution in [0.5, 0.6) is 0 Å². The molecular weight excluding hydrogens is 289 g/mol. The molecule has 0 spiro atoms. The first-order chi connectivity index (χ1) is 8.64. The van der Waals surface area contributed by atoms with Gasteiger partial charge >= 0.3 is 12.1 Å². The van der Waals surface area contributed by atoms with Crippen molar-refractivity contribution in [1.29, 1.82) is 0 Å². The Labute approximate surface area is 111 Å². The second-order valence-corrected chi connectivity index (χ2v) is 5.48. The van der Waals surface area contributed by atoms with Crippen molar-refractivity contribution in [3.05, 3.63) is 10.0 Å². The van der Waals surface area contributed by atoms with Gasteiger partial charge in [0.1, 0.15) is 5.01 Å². The maximum atomic E-state index is 12.9. The highest BCUT2D eigenvalue weighted by atomic mass is 32.1. The van der Waals surface area contributed by atoms with Crippen LogP contribution in [0.3, 0.4) is 0 Å². The zero-order valence-corrected chi connectivity index (χ0v) is 11.2. The Kier molecular flexibility index (Phi) is 5.19. The predicted molar refractivity (Wildman–Crippen MR) is 61.3 cm³/mol. The number of aromatic nitrogens is 2. The molecule has 0 saturated carbocycles. The molecule has 1 rings (SSSR count). The van der Waals surface area contributed by atoms with Crippen LogP contribution < -0.4 is 5.32 Å². The Hall–Kier alpha value is -0.830. The molecule has 3 nitrogen and oxygen atoms in total. The molecule has 0 bridgehead atoms. The van der Waals surface area contributed by atoms with Crippen LogP contribution in [0.4, 0.5) is 22.0 Å². The van der Waals surface area contributed by atoms with E-state index in [2.05, 4.69) is 15.5 Å². The maximum Gasteiger partial charge on any atom is 0.460 e. The molecule has 1 aromatic heterocycles. The van der Waals surface area contributed by atoms with Gasteiger partial charge in [0.25, 0.3) is 0 Å². The lowest BCUT2D eigenvalue weighted by Crippen LogP contribution is -2.33. The minimum atomic E-state index is -5.64. The highest BCUT2D eigenvalue weighted by Gasteiger charge is 2.61. The third-order valence-electron chi connectivity index (χ3n) is 2.16. The SMILES string of the molecule is CC(C)CNCCc1nnc(C(F)(F)C(F)(F)F)s1. The fraction of sp³-hybridized carbons (Fsp3) is 0.800. The number of nitrogens with zero attached hydrogens (tertiary/aromatic N) is 2. The Morgan fingerprint density at radius 2 is 1.79 bits per heavy atom. The van der Waals surface area contributed by atoms with Crippen molar-refractivity contribution in [2.24, 2.45) is 5.92 Å². The van der Waals surface area contributed by atoms with Crippen LogP contribution >= 0.6 is 11.3 Å². The molecule has 1 heterocycles. The molecule has 0 aliphatic rings. The number of hydrogen-bond acceptors (Lipinski definition) is 4. The van der Waals surface area contributed by atoms with Crippen LogP contribution in [0.2, 0.25) is 0 Å². The topological polar surface area (TPSA) is 37.8 Å². The van der Waals surface area contributed by atoms with Gasteiger partial charge in [-0.05, 0) is 12.5 Å². The molecule has 0 aliphatic heterocycles. The molecule has 0 unspecified atom stereocenters. The monoisotopic (exact) mass is 303 g/mol. The summed E-state index contributed by atoms with van der Waals surface area (Å²) in [6.07, 6.45) is -5.36. The van der Waals surface area contributed by atoms with E-state index < -0.39 is 17.1 Å². The second-order valence-electron chi connectivity index (χ2n) is 4.42. The minimum absolute atomic E-state index is 0.162. The van der Waals surface area contributed by atoms with Gasteiger partial charge in [-0.25, -0.2) is 0 Å². The molecular formula is C10H14F5N3S. The van der Waals surface area contributed by atoms with Gasteiger partial charge < -0.3 is 5.32 Å². The summed E-state index contributed by atoms with van der Waals surface area (Å²) < 4.78 is 62.2. The van der Waals surface area contributed by atoms with Gasteiger partial charge in [0.15, 0.2) is 5.01 Å². The van der Waals surface area contributed by atoms with Crippen LogP contribution in [0, 0.1) is 5.92 Å². The van der Waals surface area contributed by atoms with E-state index in [9.17, 15) is 22.0 Å². The maximum absolute atomic E-state index is 12.9. The lowest BCUT2D eigenvalue weighted by atomic mass is 10.2. The summed E-state index contributed by atoms with van der Waals surface area (Å²) in [4.78, 5) is 0. The normalized spacial score (nSPS) is 13.3. The Balaban J connectivity index is 2.58. The molecule has 1 aromatic rings. The Morgan fingerprint density at radius 3 is 2.32 bits per heavy atom. The summed E-state index contributed by atoms with van der Waals surface area (Å²) in [5.41, 5.74) is 0. The average molecular weight is 303 g/mol. The lowest BCUT2D eigenvalue weighted by molar-refractivity contribution is -0.289. The smallest absolute Gasteiger partial charge is 0.316 e. The molecule has 0 aliphatic carbocycles. The summed E-state index contributed by atoms with van der Waals surface area (Å²) in [6, 6.07) is 0. The van der Waals surface area contributed by atoms with Crippen molar-refractivity contribution in [2.45, 2.75) is 32.4 Å². The highest BCUT2D eigenvalue weighted by molar-refractivity contribution is 7.11. The van der Waals surface area contributed by atoms with E-state index >= 15 is 0 Å². The van der Waals surface area contributed by atoms with Crippen molar-refractivity contribution in [3.63, 3.8) is 0 Å². The van der Waals surface area contributed by atoms with E-state index in [0.29, 0.717) is 23.8 Å². The van der Waals surface area contributed by atoms with Crippen molar-refractivity contribution >= 4 is 11.3 Å². The number of alkyl halides is 5. The average Bonchev–Trinajstić information content (AvgIpc) is 2.71. The van der Waals surface area contributed by atoms with E-state index in [-0.39, 0.29) is 11.4 Å². The van der Waals surface area contributed by atoms with Gasteiger partial charge in [-0.15, -0.1) is 10.2 Å². The fourth-order valence-corrected chi connectivity index (χ4v) is 2.02. The Morgan fingerprint density at radius 1 is 1.16 bits per heavy atom. The molecule has 0 saturated heterocycles. The minimum Gasteiger partial charge on any atom is -0.316 e. The van der Waals surface area contributed by atoms with E-state index in [0.717, 1.165) is 6.54 Å². The fourth-order valence-electron chi connectivity index (χ4n) is 1.19. The number of nitrogens with one attached hydrogen (secondary N) is 1. The largest absolute Gasteiger partial charge is 0.460 e. The molecule has 19 heavy (non-hydrogen) atoms. The van der Waals surface area contributed by atoms with Gasteiger partial charge in [-0.2, -0.15) is 22.0 Å². The van der Waals surface area contributed by atoms with Crippen LogP contribution in [0.1, 0.15) is 23.9 Å².